The molecule has 0 fully saturated rings. The molecule has 0 saturated carbocycles. The fourth-order valence-corrected chi connectivity index (χ4v) is 3.07. The topological polar surface area (TPSA) is 55.6 Å². The lowest BCUT2D eigenvalue weighted by Gasteiger charge is -2.21. The number of rotatable bonds is 5. The summed E-state index contributed by atoms with van der Waals surface area (Å²) < 4.78 is 6.00. The van der Waals surface area contributed by atoms with Crippen molar-refractivity contribution in [3.63, 3.8) is 0 Å². The molecule has 110 valence electrons. The number of aryl methyl sites for hydroxylation is 1. The predicted octanol–water partition coefficient (Wildman–Crippen LogP) is 2.66. The summed E-state index contributed by atoms with van der Waals surface area (Å²) in [4.78, 5) is 1.17. The molecule has 6 heteroatoms. The fourth-order valence-electron chi connectivity index (χ4n) is 2.11. The van der Waals surface area contributed by atoms with Crippen molar-refractivity contribution in [2.75, 3.05) is 6.54 Å². The van der Waals surface area contributed by atoms with E-state index >= 15 is 0 Å². The monoisotopic (exact) mass is 293 g/mol. The van der Waals surface area contributed by atoms with Crippen molar-refractivity contribution < 1.29 is 0 Å². The molecule has 5 nitrogen and oxygen atoms in total. The molecule has 0 amide bonds. The van der Waals surface area contributed by atoms with Gasteiger partial charge in [-0.1, -0.05) is 32.2 Å². The number of hydrogen-bond acceptors (Lipinski definition) is 5. The van der Waals surface area contributed by atoms with Crippen LogP contribution in [0, 0.1) is 0 Å². The van der Waals surface area contributed by atoms with Gasteiger partial charge in [0.2, 0.25) is 0 Å². The summed E-state index contributed by atoms with van der Waals surface area (Å²) in [5.74, 6) is 0. The van der Waals surface area contributed by atoms with Gasteiger partial charge in [-0.2, -0.15) is 5.10 Å². The lowest BCUT2D eigenvalue weighted by molar-refractivity contribution is 0.531. The van der Waals surface area contributed by atoms with Crippen molar-refractivity contribution in [3.05, 3.63) is 28.5 Å². The third kappa shape index (κ3) is 3.24. The van der Waals surface area contributed by atoms with E-state index in [0.717, 1.165) is 24.4 Å². The van der Waals surface area contributed by atoms with Gasteiger partial charge in [0.15, 0.2) is 0 Å². The molecule has 2 heterocycles. The van der Waals surface area contributed by atoms with Crippen LogP contribution in [-0.2, 0) is 12.5 Å². The van der Waals surface area contributed by atoms with Gasteiger partial charge in [-0.3, -0.25) is 4.68 Å². The smallest absolute Gasteiger partial charge is 0.0899 e. The van der Waals surface area contributed by atoms with Crippen molar-refractivity contribution in [1.82, 2.24) is 24.7 Å². The molecule has 0 aliphatic carbocycles. The number of aromatic nitrogens is 4. The maximum Gasteiger partial charge on any atom is 0.0899 e. The predicted molar refractivity (Wildman–Crippen MR) is 82.0 cm³/mol. The Morgan fingerprint density at radius 2 is 2.15 bits per heavy atom. The fraction of sp³-hybridized carbons (Fsp3) is 0.643. The van der Waals surface area contributed by atoms with Gasteiger partial charge < -0.3 is 5.32 Å². The summed E-state index contributed by atoms with van der Waals surface area (Å²) in [7, 11) is 1.94. The minimum absolute atomic E-state index is 0.0107. The minimum atomic E-state index is -0.0107. The van der Waals surface area contributed by atoms with Crippen LogP contribution >= 0.6 is 11.5 Å². The summed E-state index contributed by atoms with van der Waals surface area (Å²) in [5.41, 5.74) is 2.07. The van der Waals surface area contributed by atoms with Gasteiger partial charge in [0.1, 0.15) is 0 Å². The normalized spacial score (nSPS) is 13.7. The van der Waals surface area contributed by atoms with Gasteiger partial charge in [-0.15, -0.1) is 5.10 Å². The molecule has 0 aliphatic heterocycles. The van der Waals surface area contributed by atoms with Crippen molar-refractivity contribution in [2.24, 2.45) is 7.05 Å². The van der Waals surface area contributed by atoms with E-state index in [1.807, 2.05) is 17.9 Å². The van der Waals surface area contributed by atoms with E-state index in [2.05, 4.69) is 53.8 Å². The van der Waals surface area contributed by atoms with E-state index in [-0.39, 0.29) is 11.5 Å². The Kier molecular flexibility index (Phi) is 4.55. The molecule has 0 bridgehead atoms. The molecule has 20 heavy (non-hydrogen) atoms. The van der Waals surface area contributed by atoms with E-state index in [1.165, 1.54) is 16.4 Å². The molecular formula is C14H23N5S. The second-order valence-electron chi connectivity index (χ2n) is 6.04. The maximum atomic E-state index is 4.55. The quantitative estimate of drug-likeness (QED) is 0.921. The zero-order chi connectivity index (χ0) is 14.8. The standard InChI is InChI=1S/C14H23N5S/c1-6-8-15-11(10-7-9-19(5)17-10)12-13(14(2,3)4)16-18-20-12/h7,9,11,15H,6,8H2,1-5H3. The molecule has 0 saturated heterocycles. The molecule has 1 atom stereocenters. The van der Waals surface area contributed by atoms with Crippen LogP contribution in [0.25, 0.3) is 0 Å². The molecule has 2 aromatic rings. The van der Waals surface area contributed by atoms with Gasteiger partial charge in [0, 0.05) is 18.7 Å². The van der Waals surface area contributed by atoms with E-state index in [1.54, 1.807) is 0 Å². The summed E-state index contributed by atoms with van der Waals surface area (Å²) >= 11 is 1.47. The first-order valence-corrected chi connectivity index (χ1v) is 7.76. The highest BCUT2D eigenvalue weighted by molar-refractivity contribution is 7.05. The van der Waals surface area contributed by atoms with Crippen LogP contribution in [0.1, 0.15) is 56.4 Å². The molecule has 0 radical (unpaired) electrons. The van der Waals surface area contributed by atoms with Crippen LogP contribution < -0.4 is 5.32 Å². The Labute approximate surface area is 124 Å². The van der Waals surface area contributed by atoms with E-state index in [0.29, 0.717) is 0 Å². The van der Waals surface area contributed by atoms with Gasteiger partial charge in [0.25, 0.3) is 0 Å². The van der Waals surface area contributed by atoms with Gasteiger partial charge in [-0.25, -0.2) is 0 Å². The average Bonchev–Trinajstić information content (AvgIpc) is 2.98. The number of hydrogen-bond donors (Lipinski definition) is 1. The lowest BCUT2D eigenvalue weighted by atomic mass is 9.89. The first kappa shape index (κ1) is 15.1. The third-order valence-corrected chi connectivity index (χ3v) is 3.90. The van der Waals surface area contributed by atoms with Gasteiger partial charge in [0.05, 0.1) is 22.3 Å². The van der Waals surface area contributed by atoms with Gasteiger partial charge in [-0.05, 0) is 30.6 Å². The molecule has 2 aromatic heterocycles. The number of nitrogens with zero attached hydrogens (tertiary/aromatic N) is 4. The van der Waals surface area contributed by atoms with Crippen LogP contribution in [0.4, 0.5) is 0 Å². The Hall–Kier alpha value is -1.27. The first-order chi connectivity index (χ1) is 9.43. The van der Waals surface area contributed by atoms with Crippen molar-refractivity contribution in [2.45, 2.75) is 45.6 Å². The van der Waals surface area contributed by atoms with Crippen LogP contribution in [0.15, 0.2) is 12.3 Å². The summed E-state index contributed by atoms with van der Waals surface area (Å²) in [6, 6.07) is 2.13. The second-order valence-corrected chi connectivity index (χ2v) is 6.82. The maximum absolute atomic E-state index is 4.55. The van der Waals surface area contributed by atoms with Crippen LogP contribution in [-0.4, -0.2) is 25.9 Å². The highest BCUT2D eigenvalue weighted by Gasteiger charge is 2.28. The largest absolute Gasteiger partial charge is 0.304 e. The first-order valence-electron chi connectivity index (χ1n) is 6.99. The summed E-state index contributed by atoms with van der Waals surface area (Å²) in [6.45, 7) is 9.62. The van der Waals surface area contributed by atoms with Crippen molar-refractivity contribution in [1.29, 1.82) is 0 Å². The van der Waals surface area contributed by atoms with E-state index < -0.39 is 0 Å². The molecule has 0 aromatic carbocycles. The van der Waals surface area contributed by atoms with E-state index in [9.17, 15) is 0 Å². The SMILES string of the molecule is CCCNC(c1ccn(C)n1)c1snnc1C(C)(C)C. The Morgan fingerprint density at radius 1 is 1.40 bits per heavy atom. The van der Waals surface area contributed by atoms with E-state index in [4.69, 9.17) is 0 Å². The highest BCUT2D eigenvalue weighted by Crippen LogP contribution is 2.33. The van der Waals surface area contributed by atoms with Gasteiger partial charge >= 0.3 is 0 Å². The van der Waals surface area contributed by atoms with Crippen molar-refractivity contribution in [3.8, 4) is 0 Å². The average molecular weight is 293 g/mol. The summed E-state index contributed by atoms with van der Waals surface area (Å²) in [5, 5.41) is 12.5. The molecule has 1 N–H and O–H groups in total. The zero-order valence-electron chi connectivity index (χ0n) is 12.8. The Morgan fingerprint density at radius 3 is 2.70 bits per heavy atom. The zero-order valence-corrected chi connectivity index (χ0v) is 13.7. The third-order valence-electron chi connectivity index (χ3n) is 3.11. The minimum Gasteiger partial charge on any atom is -0.304 e. The van der Waals surface area contributed by atoms with Crippen LogP contribution in [0.5, 0.6) is 0 Å². The number of nitrogens with one attached hydrogen (secondary N) is 1. The summed E-state index contributed by atoms with van der Waals surface area (Å²) in [6.07, 6.45) is 3.06. The van der Waals surface area contributed by atoms with Crippen LogP contribution in [0.3, 0.4) is 0 Å². The van der Waals surface area contributed by atoms with Crippen LogP contribution in [0.2, 0.25) is 0 Å². The molecule has 1 unspecified atom stereocenters. The Balaban J connectivity index is 2.39. The molecular weight excluding hydrogens is 270 g/mol. The highest BCUT2D eigenvalue weighted by atomic mass is 32.1. The second kappa shape index (κ2) is 6.01. The molecule has 0 spiro atoms. The Bertz CT molecular complexity index is 552. The molecule has 0 aliphatic rings. The van der Waals surface area contributed by atoms with Crippen molar-refractivity contribution >= 4 is 11.5 Å². The molecule has 2 rings (SSSR count). The lowest BCUT2D eigenvalue weighted by Crippen LogP contribution is -2.26.